The maximum absolute atomic E-state index is 13.6. The molecule has 0 N–H and O–H groups in total. The van der Waals surface area contributed by atoms with Gasteiger partial charge in [0, 0.05) is 18.1 Å². The summed E-state index contributed by atoms with van der Waals surface area (Å²) < 4.78 is 7.17. The molecular weight excluding hydrogens is 496 g/mol. The Morgan fingerprint density at radius 3 is 2.62 bits per heavy atom. The Morgan fingerprint density at radius 2 is 1.92 bits per heavy atom. The van der Waals surface area contributed by atoms with E-state index >= 15 is 0 Å². The molecule has 0 spiro atoms. The van der Waals surface area contributed by atoms with E-state index in [-0.39, 0.29) is 25.7 Å². The molecular formula is C27H29ClN4O5. The number of likely N-dealkylation sites (tertiary alicyclic amines) is 1. The molecule has 10 heteroatoms. The maximum Gasteiger partial charge on any atom is 0.352 e. The Labute approximate surface area is 219 Å². The van der Waals surface area contributed by atoms with Gasteiger partial charge < -0.3 is 9.64 Å². The third-order valence-corrected chi connectivity index (χ3v) is 6.82. The minimum absolute atomic E-state index is 0.0345. The van der Waals surface area contributed by atoms with Gasteiger partial charge >= 0.3 is 11.7 Å². The van der Waals surface area contributed by atoms with Gasteiger partial charge in [0.15, 0.2) is 0 Å². The maximum atomic E-state index is 13.6. The molecule has 3 aromatic rings. The van der Waals surface area contributed by atoms with Crippen molar-refractivity contribution >= 4 is 23.5 Å². The molecule has 0 saturated carbocycles. The Hall–Kier alpha value is -3.72. The number of nitrogens with zero attached hydrogens (tertiary/aromatic N) is 4. The van der Waals surface area contributed by atoms with Gasteiger partial charge in [0.2, 0.25) is 5.69 Å². The number of ether oxygens (including phenoxy) is 1. The molecule has 1 unspecified atom stereocenters. The topological polar surface area (TPSA) is 104 Å². The molecule has 4 rings (SSSR count). The summed E-state index contributed by atoms with van der Waals surface area (Å²) in [5.74, 6) is -1.48. The lowest BCUT2D eigenvalue weighted by atomic mass is 9.98. The van der Waals surface area contributed by atoms with Gasteiger partial charge in [0.1, 0.15) is 0 Å². The second-order valence-corrected chi connectivity index (χ2v) is 9.61. The van der Waals surface area contributed by atoms with Gasteiger partial charge in [0.05, 0.1) is 24.8 Å². The second-order valence-electron chi connectivity index (χ2n) is 9.20. The van der Waals surface area contributed by atoms with E-state index in [4.69, 9.17) is 16.3 Å². The number of benzene rings is 2. The van der Waals surface area contributed by atoms with Crippen LogP contribution in [0.25, 0.3) is 5.69 Å². The average molecular weight is 525 g/mol. The van der Waals surface area contributed by atoms with Gasteiger partial charge in [-0.15, -0.1) is 0 Å². The van der Waals surface area contributed by atoms with E-state index in [2.05, 4.69) is 5.10 Å². The van der Waals surface area contributed by atoms with Crippen LogP contribution in [0.5, 0.6) is 0 Å². The molecule has 1 aliphatic heterocycles. The van der Waals surface area contributed by atoms with Crippen LogP contribution in [0.4, 0.5) is 0 Å². The molecule has 9 nitrogen and oxygen atoms in total. The van der Waals surface area contributed by atoms with Gasteiger partial charge in [-0.2, -0.15) is 9.78 Å². The summed E-state index contributed by atoms with van der Waals surface area (Å²) in [6.45, 7) is 6.16. The molecule has 1 atom stereocenters. The highest BCUT2D eigenvalue weighted by molar-refractivity contribution is 6.31. The fourth-order valence-electron chi connectivity index (χ4n) is 4.43. The molecule has 0 bridgehead atoms. The zero-order chi connectivity index (χ0) is 26.7. The first-order valence-electron chi connectivity index (χ1n) is 12.2. The average Bonchev–Trinajstić information content (AvgIpc) is 2.88. The molecule has 1 saturated heterocycles. The first-order chi connectivity index (χ1) is 17.7. The van der Waals surface area contributed by atoms with E-state index in [9.17, 15) is 19.2 Å². The summed E-state index contributed by atoms with van der Waals surface area (Å²) in [5, 5.41) is 4.64. The van der Waals surface area contributed by atoms with Gasteiger partial charge in [-0.1, -0.05) is 47.5 Å². The third-order valence-electron chi connectivity index (χ3n) is 6.41. The van der Waals surface area contributed by atoms with Crippen molar-refractivity contribution in [3.63, 3.8) is 0 Å². The largest absolute Gasteiger partial charge is 0.466 e. The number of carbonyl (C=O) groups is 2. The normalized spacial score (nSPS) is 15.5. The Bertz CT molecular complexity index is 1460. The molecule has 194 valence electrons. The molecule has 1 amide bonds. The smallest absolute Gasteiger partial charge is 0.352 e. The van der Waals surface area contributed by atoms with Crippen LogP contribution in [-0.4, -0.2) is 50.8 Å². The number of piperidine rings is 1. The third kappa shape index (κ3) is 5.67. The van der Waals surface area contributed by atoms with Crippen molar-refractivity contribution in [3.05, 3.63) is 90.7 Å². The summed E-state index contributed by atoms with van der Waals surface area (Å²) in [5.41, 5.74) is 0.970. The molecule has 0 radical (unpaired) electrons. The minimum Gasteiger partial charge on any atom is -0.466 e. The van der Waals surface area contributed by atoms with Crippen LogP contribution in [0.1, 0.15) is 46.9 Å². The Kier molecular flexibility index (Phi) is 7.92. The summed E-state index contributed by atoms with van der Waals surface area (Å²) >= 11 is 6.30. The first-order valence-corrected chi connectivity index (χ1v) is 12.6. The van der Waals surface area contributed by atoms with Crippen molar-refractivity contribution in [2.75, 3.05) is 19.7 Å². The predicted octanol–water partition coefficient (Wildman–Crippen LogP) is 3.13. The number of hydrogen-bond donors (Lipinski definition) is 0. The van der Waals surface area contributed by atoms with E-state index in [0.29, 0.717) is 30.1 Å². The van der Waals surface area contributed by atoms with Gasteiger partial charge in [-0.05, 0) is 56.9 Å². The molecule has 37 heavy (non-hydrogen) atoms. The predicted molar refractivity (Wildman–Crippen MR) is 139 cm³/mol. The van der Waals surface area contributed by atoms with Crippen molar-refractivity contribution in [2.45, 2.75) is 40.2 Å². The standard InChI is InChI=1S/C27H29ClN4O5/c1-4-37-26(35)20-9-6-12-30(16-20)24(33)23-25(34)31(15-19-8-5-7-17(2)13-19)27(36)32(29-23)21-11-10-18(3)22(28)14-21/h5,7-8,10-11,13-14,20H,4,6,9,12,15-16H2,1-3H3. The Balaban J connectivity index is 1.81. The first kappa shape index (κ1) is 26.3. The molecule has 2 aromatic carbocycles. The number of hydrogen-bond acceptors (Lipinski definition) is 6. The SMILES string of the molecule is CCOC(=O)C1CCCN(C(=O)c2nn(-c3ccc(C)c(Cl)c3)c(=O)n(Cc3cccc(C)c3)c2=O)C1. The molecule has 2 heterocycles. The number of rotatable bonds is 6. The van der Waals surface area contributed by atoms with Crippen molar-refractivity contribution < 1.29 is 14.3 Å². The van der Waals surface area contributed by atoms with Crippen molar-refractivity contribution in [1.82, 2.24) is 19.2 Å². The number of esters is 1. The van der Waals surface area contributed by atoms with Crippen LogP contribution >= 0.6 is 11.6 Å². The minimum atomic E-state index is -0.788. The molecule has 1 aliphatic rings. The molecule has 1 fully saturated rings. The van der Waals surface area contributed by atoms with Gasteiger partial charge in [0.25, 0.3) is 11.5 Å². The van der Waals surface area contributed by atoms with E-state index in [1.807, 2.05) is 38.1 Å². The molecule has 0 aliphatic carbocycles. The van der Waals surface area contributed by atoms with Crippen LogP contribution < -0.4 is 11.2 Å². The van der Waals surface area contributed by atoms with Crippen molar-refractivity contribution in [1.29, 1.82) is 0 Å². The lowest BCUT2D eigenvalue weighted by Crippen LogP contribution is -2.49. The number of halogens is 1. The highest BCUT2D eigenvalue weighted by atomic mass is 35.5. The molecule has 1 aromatic heterocycles. The zero-order valence-corrected chi connectivity index (χ0v) is 21.8. The fraction of sp³-hybridized carbons (Fsp3) is 0.370. The van der Waals surface area contributed by atoms with Crippen molar-refractivity contribution in [3.8, 4) is 5.69 Å². The lowest BCUT2D eigenvalue weighted by molar-refractivity contribution is -0.149. The highest BCUT2D eigenvalue weighted by Crippen LogP contribution is 2.20. The van der Waals surface area contributed by atoms with Crippen LogP contribution in [0.3, 0.4) is 0 Å². The number of carbonyl (C=O) groups excluding carboxylic acids is 2. The van der Waals surface area contributed by atoms with E-state index in [1.165, 1.54) is 4.90 Å². The summed E-state index contributed by atoms with van der Waals surface area (Å²) in [6, 6.07) is 12.4. The monoisotopic (exact) mass is 524 g/mol. The van der Waals surface area contributed by atoms with Crippen molar-refractivity contribution in [2.24, 2.45) is 5.92 Å². The number of aryl methyl sites for hydroxylation is 2. The highest BCUT2D eigenvalue weighted by Gasteiger charge is 2.32. The quantitative estimate of drug-likeness (QED) is 0.459. The van der Waals surface area contributed by atoms with Crippen LogP contribution in [-0.2, 0) is 16.1 Å². The van der Waals surface area contributed by atoms with Gasteiger partial charge in [-0.25, -0.2) is 4.79 Å². The number of amides is 1. The second kappa shape index (κ2) is 11.1. The van der Waals surface area contributed by atoms with Crippen LogP contribution in [0.2, 0.25) is 5.02 Å². The van der Waals surface area contributed by atoms with E-state index in [0.717, 1.165) is 25.9 Å². The van der Waals surface area contributed by atoms with Gasteiger partial charge in [-0.3, -0.25) is 19.0 Å². The summed E-state index contributed by atoms with van der Waals surface area (Å²) in [4.78, 5) is 54.3. The lowest BCUT2D eigenvalue weighted by Gasteiger charge is -2.31. The van der Waals surface area contributed by atoms with E-state index < -0.39 is 28.8 Å². The Morgan fingerprint density at radius 1 is 1.14 bits per heavy atom. The van der Waals surface area contributed by atoms with E-state index in [1.54, 1.807) is 25.1 Å². The summed E-state index contributed by atoms with van der Waals surface area (Å²) in [6.07, 6.45) is 1.18. The fourth-order valence-corrected chi connectivity index (χ4v) is 4.60. The number of aromatic nitrogens is 3. The van der Waals surface area contributed by atoms with Crippen LogP contribution in [0.15, 0.2) is 52.1 Å². The summed E-state index contributed by atoms with van der Waals surface area (Å²) in [7, 11) is 0. The van der Waals surface area contributed by atoms with Crippen LogP contribution in [0, 0.1) is 19.8 Å². The zero-order valence-electron chi connectivity index (χ0n) is 21.1.